The van der Waals surface area contributed by atoms with Crippen molar-refractivity contribution < 1.29 is 9.53 Å². The van der Waals surface area contributed by atoms with Crippen molar-refractivity contribution in [3.63, 3.8) is 0 Å². The second-order valence-corrected chi connectivity index (χ2v) is 5.27. The van der Waals surface area contributed by atoms with Crippen LogP contribution >= 0.6 is 0 Å². The third-order valence-corrected chi connectivity index (χ3v) is 2.74. The van der Waals surface area contributed by atoms with Gasteiger partial charge in [0.05, 0.1) is 0 Å². The Morgan fingerprint density at radius 3 is 2.33 bits per heavy atom. The van der Waals surface area contributed by atoms with Gasteiger partial charge in [-0.1, -0.05) is 31.1 Å². The summed E-state index contributed by atoms with van der Waals surface area (Å²) >= 11 is 0. The van der Waals surface area contributed by atoms with Crippen molar-refractivity contribution in [2.45, 2.75) is 53.5 Å². The summed E-state index contributed by atoms with van der Waals surface area (Å²) in [5.74, 6) is -0.210. The highest BCUT2D eigenvalue weighted by molar-refractivity contribution is 5.75. The summed E-state index contributed by atoms with van der Waals surface area (Å²) in [7, 11) is 0. The molecular weight excluding hydrogens is 226 g/mol. The highest BCUT2D eigenvalue weighted by atomic mass is 16.5. The van der Waals surface area contributed by atoms with Crippen molar-refractivity contribution in [2.24, 2.45) is 11.7 Å². The van der Waals surface area contributed by atoms with Crippen LogP contribution in [0.3, 0.4) is 0 Å². The van der Waals surface area contributed by atoms with Gasteiger partial charge in [-0.15, -0.1) is 0 Å². The number of ether oxygens (including phenoxy) is 1. The summed E-state index contributed by atoms with van der Waals surface area (Å²) in [5, 5.41) is 0. The highest BCUT2D eigenvalue weighted by Crippen LogP contribution is 2.07. The molecule has 3 heteroatoms. The molecule has 0 heterocycles. The van der Waals surface area contributed by atoms with Crippen LogP contribution in [0.25, 0.3) is 0 Å². The molecule has 2 N–H and O–H groups in total. The number of carbonyl (C=O) groups is 1. The Kier molecular flexibility index (Phi) is 8.38. The standard InChI is InChI=1S/C15H27NO2/c1-11(2)7-6-8-13(5)9-10-18-15(17)14(16)12(3)4/h7,9,12,14H,6,8,10,16H2,1-5H3/t14-/m0/s1. The molecule has 0 amide bonds. The second-order valence-electron chi connectivity index (χ2n) is 5.27. The predicted molar refractivity (Wildman–Crippen MR) is 76.2 cm³/mol. The van der Waals surface area contributed by atoms with Crippen molar-refractivity contribution in [3.8, 4) is 0 Å². The van der Waals surface area contributed by atoms with Gasteiger partial charge in [-0.05, 0) is 45.6 Å². The quantitative estimate of drug-likeness (QED) is 0.560. The van der Waals surface area contributed by atoms with Crippen LogP contribution in [0.2, 0.25) is 0 Å². The summed E-state index contributed by atoms with van der Waals surface area (Å²) in [6.07, 6.45) is 6.19. The molecule has 0 bridgehead atoms. The molecular formula is C15H27NO2. The Bertz CT molecular complexity index is 312. The van der Waals surface area contributed by atoms with Crippen molar-refractivity contribution in [3.05, 3.63) is 23.3 Å². The van der Waals surface area contributed by atoms with E-state index in [2.05, 4.69) is 26.8 Å². The number of hydrogen-bond donors (Lipinski definition) is 1. The fourth-order valence-electron chi connectivity index (χ4n) is 1.33. The minimum atomic E-state index is -0.524. The number of nitrogens with two attached hydrogens (primary N) is 1. The van der Waals surface area contributed by atoms with Crippen LogP contribution in [0.5, 0.6) is 0 Å². The first kappa shape index (κ1) is 16.9. The Morgan fingerprint density at radius 2 is 1.83 bits per heavy atom. The molecule has 0 fully saturated rings. The maximum Gasteiger partial charge on any atom is 0.323 e. The largest absolute Gasteiger partial charge is 0.460 e. The van der Waals surface area contributed by atoms with Gasteiger partial charge in [-0.25, -0.2) is 0 Å². The van der Waals surface area contributed by atoms with Crippen molar-refractivity contribution in [1.82, 2.24) is 0 Å². The summed E-state index contributed by atoms with van der Waals surface area (Å²) in [6.45, 7) is 10.4. The monoisotopic (exact) mass is 253 g/mol. The number of rotatable bonds is 7. The van der Waals surface area contributed by atoms with E-state index in [1.54, 1.807) is 0 Å². The van der Waals surface area contributed by atoms with Crippen LogP contribution in [-0.4, -0.2) is 18.6 Å². The molecule has 0 aliphatic carbocycles. The van der Waals surface area contributed by atoms with E-state index in [9.17, 15) is 4.79 Å². The fourth-order valence-corrected chi connectivity index (χ4v) is 1.33. The van der Waals surface area contributed by atoms with E-state index in [1.807, 2.05) is 19.9 Å². The Balaban J connectivity index is 3.94. The zero-order chi connectivity index (χ0) is 14.1. The van der Waals surface area contributed by atoms with Gasteiger partial charge >= 0.3 is 5.97 Å². The van der Waals surface area contributed by atoms with Gasteiger partial charge in [-0.2, -0.15) is 0 Å². The average Bonchev–Trinajstić information content (AvgIpc) is 2.27. The van der Waals surface area contributed by atoms with Crippen molar-refractivity contribution in [1.29, 1.82) is 0 Å². The lowest BCUT2D eigenvalue weighted by Crippen LogP contribution is -2.37. The van der Waals surface area contributed by atoms with Crippen molar-refractivity contribution in [2.75, 3.05) is 6.61 Å². The number of hydrogen-bond acceptors (Lipinski definition) is 3. The zero-order valence-corrected chi connectivity index (χ0v) is 12.3. The molecule has 1 atom stereocenters. The predicted octanol–water partition coefficient (Wildman–Crippen LogP) is 3.21. The topological polar surface area (TPSA) is 52.3 Å². The average molecular weight is 253 g/mol. The zero-order valence-electron chi connectivity index (χ0n) is 12.3. The minimum absolute atomic E-state index is 0.111. The van der Waals surface area contributed by atoms with Gasteiger partial charge in [0.15, 0.2) is 0 Å². The molecule has 0 saturated heterocycles. The summed E-state index contributed by atoms with van der Waals surface area (Å²) < 4.78 is 5.11. The van der Waals surface area contributed by atoms with E-state index in [-0.39, 0.29) is 11.9 Å². The SMILES string of the molecule is CC(C)=CCCC(C)=CCOC(=O)[C@@H](N)C(C)C. The number of carbonyl (C=O) groups excluding carboxylic acids is 1. The minimum Gasteiger partial charge on any atom is -0.460 e. The first-order valence-electron chi connectivity index (χ1n) is 6.55. The van der Waals surface area contributed by atoms with E-state index in [0.717, 1.165) is 12.8 Å². The number of allylic oxidation sites excluding steroid dienone is 3. The van der Waals surface area contributed by atoms with Crippen LogP contribution in [0.15, 0.2) is 23.3 Å². The van der Waals surface area contributed by atoms with Crippen LogP contribution in [0, 0.1) is 5.92 Å². The molecule has 0 saturated carbocycles. The van der Waals surface area contributed by atoms with Crippen LogP contribution < -0.4 is 5.73 Å². The first-order chi connectivity index (χ1) is 8.34. The fraction of sp³-hybridized carbons (Fsp3) is 0.667. The van der Waals surface area contributed by atoms with E-state index in [1.165, 1.54) is 11.1 Å². The van der Waals surface area contributed by atoms with Crippen molar-refractivity contribution >= 4 is 5.97 Å². The second kappa shape index (κ2) is 8.92. The molecule has 0 aromatic carbocycles. The Morgan fingerprint density at radius 1 is 1.22 bits per heavy atom. The molecule has 0 spiro atoms. The molecule has 0 aliphatic rings. The maximum absolute atomic E-state index is 11.5. The summed E-state index contributed by atoms with van der Waals surface area (Å²) in [4.78, 5) is 11.5. The molecule has 3 nitrogen and oxygen atoms in total. The van der Waals surface area contributed by atoms with Gasteiger partial charge in [0.1, 0.15) is 12.6 Å². The lowest BCUT2D eigenvalue weighted by atomic mass is 10.1. The molecule has 0 aromatic rings. The molecule has 0 aromatic heterocycles. The van der Waals surface area contributed by atoms with Gasteiger partial charge in [0.2, 0.25) is 0 Å². The van der Waals surface area contributed by atoms with E-state index in [0.29, 0.717) is 6.61 Å². The normalized spacial score (nSPS) is 13.4. The van der Waals surface area contributed by atoms with E-state index < -0.39 is 6.04 Å². The van der Waals surface area contributed by atoms with E-state index >= 15 is 0 Å². The van der Waals surface area contributed by atoms with Crippen LogP contribution in [-0.2, 0) is 9.53 Å². The molecule has 0 rings (SSSR count). The Labute approximate surface area is 111 Å². The summed E-state index contributed by atoms with van der Waals surface area (Å²) in [5.41, 5.74) is 8.25. The molecule has 0 aliphatic heterocycles. The van der Waals surface area contributed by atoms with Gasteiger partial charge in [0.25, 0.3) is 0 Å². The van der Waals surface area contributed by atoms with E-state index in [4.69, 9.17) is 10.5 Å². The smallest absolute Gasteiger partial charge is 0.323 e. The lowest BCUT2D eigenvalue weighted by Gasteiger charge is -2.13. The third kappa shape index (κ3) is 8.07. The number of esters is 1. The highest BCUT2D eigenvalue weighted by Gasteiger charge is 2.17. The van der Waals surface area contributed by atoms with Crippen LogP contribution in [0.1, 0.15) is 47.5 Å². The third-order valence-electron chi connectivity index (χ3n) is 2.74. The van der Waals surface area contributed by atoms with Crippen LogP contribution in [0.4, 0.5) is 0 Å². The van der Waals surface area contributed by atoms with Gasteiger partial charge < -0.3 is 10.5 Å². The molecule has 18 heavy (non-hydrogen) atoms. The van der Waals surface area contributed by atoms with Gasteiger partial charge in [-0.3, -0.25) is 4.79 Å². The Hall–Kier alpha value is -1.09. The molecule has 104 valence electrons. The molecule has 0 unspecified atom stereocenters. The van der Waals surface area contributed by atoms with Gasteiger partial charge in [0, 0.05) is 0 Å². The lowest BCUT2D eigenvalue weighted by molar-refractivity contribution is -0.145. The first-order valence-corrected chi connectivity index (χ1v) is 6.55. The molecule has 0 radical (unpaired) electrons. The maximum atomic E-state index is 11.5. The summed E-state index contributed by atoms with van der Waals surface area (Å²) in [6, 6.07) is -0.524.